The van der Waals surface area contributed by atoms with Crippen molar-refractivity contribution >= 4 is 28.8 Å². The Morgan fingerprint density at radius 2 is 1.71 bits per heavy atom. The molecular weight excluding hydrogens is 210 g/mol. The van der Waals surface area contributed by atoms with Crippen LogP contribution >= 0.6 is 0 Å². The third-order valence-corrected chi connectivity index (χ3v) is 2.53. The highest BCUT2D eigenvalue weighted by molar-refractivity contribution is 5.79. The third kappa shape index (κ3) is 2.39. The predicted octanol–water partition coefficient (Wildman–Crippen LogP) is 3.24. The lowest BCUT2D eigenvalue weighted by Crippen LogP contribution is -1.97. The minimum Gasteiger partial charge on any atom is -0.399 e. The zero-order chi connectivity index (χ0) is 12.3. The Balaban J connectivity index is 2.33. The summed E-state index contributed by atoms with van der Waals surface area (Å²) in [6.07, 6.45) is 1.75. The van der Waals surface area contributed by atoms with Crippen LogP contribution in [-0.4, -0.2) is 0 Å². The molecule has 0 radical (unpaired) electrons. The molecule has 17 heavy (non-hydrogen) atoms. The zero-order valence-corrected chi connectivity index (χ0v) is 9.48. The molecule has 0 aliphatic heterocycles. The fourth-order valence-electron chi connectivity index (χ4n) is 1.64. The first-order chi connectivity index (χ1) is 8.20. The van der Waals surface area contributed by atoms with Crippen molar-refractivity contribution in [3.63, 3.8) is 0 Å². The van der Waals surface area contributed by atoms with Gasteiger partial charge in [-0.15, -0.1) is 0 Å². The van der Waals surface area contributed by atoms with Crippen LogP contribution in [0.25, 0.3) is 6.08 Å². The maximum absolute atomic E-state index is 5.88. The van der Waals surface area contributed by atoms with Crippen molar-refractivity contribution in [1.29, 1.82) is 0 Å². The number of benzene rings is 2. The molecule has 5 N–H and O–H groups in total. The van der Waals surface area contributed by atoms with Crippen LogP contribution in [0.4, 0.5) is 22.7 Å². The molecule has 3 nitrogen and oxygen atoms in total. The molecule has 0 fully saturated rings. The molecule has 0 aromatic heterocycles. The van der Waals surface area contributed by atoms with Crippen LogP contribution in [0.15, 0.2) is 49.0 Å². The summed E-state index contributed by atoms with van der Waals surface area (Å²) in [5, 5.41) is 3.28. The van der Waals surface area contributed by atoms with E-state index >= 15 is 0 Å². The van der Waals surface area contributed by atoms with Crippen LogP contribution < -0.4 is 16.8 Å². The Hall–Kier alpha value is -2.42. The Morgan fingerprint density at radius 3 is 2.35 bits per heavy atom. The van der Waals surface area contributed by atoms with Crippen LogP contribution in [0.1, 0.15) is 5.56 Å². The molecule has 2 aromatic rings. The van der Waals surface area contributed by atoms with Crippen molar-refractivity contribution in [3.8, 4) is 0 Å². The molecular formula is C14H15N3. The van der Waals surface area contributed by atoms with E-state index in [1.165, 1.54) is 0 Å². The number of anilines is 4. The topological polar surface area (TPSA) is 64.1 Å². The quantitative estimate of drug-likeness (QED) is 0.703. The van der Waals surface area contributed by atoms with E-state index in [4.69, 9.17) is 11.5 Å². The number of nitrogens with one attached hydrogen (secondary N) is 1. The lowest BCUT2D eigenvalue weighted by molar-refractivity contribution is 1.53. The van der Waals surface area contributed by atoms with E-state index in [1.54, 1.807) is 6.08 Å². The van der Waals surface area contributed by atoms with Gasteiger partial charge >= 0.3 is 0 Å². The number of rotatable bonds is 3. The van der Waals surface area contributed by atoms with Gasteiger partial charge in [0.15, 0.2) is 0 Å². The summed E-state index contributed by atoms with van der Waals surface area (Å²) in [5.41, 5.74) is 15.8. The van der Waals surface area contributed by atoms with Gasteiger partial charge in [-0.2, -0.15) is 0 Å². The van der Waals surface area contributed by atoms with Gasteiger partial charge in [0.05, 0.1) is 0 Å². The van der Waals surface area contributed by atoms with Gasteiger partial charge in [-0.3, -0.25) is 0 Å². The average Bonchev–Trinajstić information content (AvgIpc) is 2.32. The highest BCUT2D eigenvalue weighted by Crippen LogP contribution is 2.26. The molecule has 0 aliphatic rings. The van der Waals surface area contributed by atoms with Crippen molar-refractivity contribution < 1.29 is 0 Å². The molecule has 0 spiro atoms. The van der Waals surface area contributed by atoms with Crippen LogP contribution in [0, 0.1) is 0 Å². The zero-order valence-electron chi connectivity index (χ0n) is 9.48. The average molecular weight is 225 g/mol. The molecule has 0 bridgehead atoms. The Bertz CT molecular complexity index is 530. The van der Waals surface area contributed by atoms with E-state index < -0.39 is 0 Å². The molecule has 0 aliphatic carbocycles. The minimum atomic E-state index is 0.709. The van der Waals surface area contributed by atoms with E-state index in [9.17, 15) is 0 Å². The summed E-state index contributed by atoms with van der Waals surface area (Å²) in [5.74, 6) is 0. The van der Waals surface area contributed by atoms with E-state index in [1.807, 2.05) is 42.5 Å². The number of nitrogen functional groups attached to an aromatic ring is 2. The second-order valence-corrected chi connectivity index (χ2v) is 3.76. The molecule has 0 atom stereocenters. The molecule has 0 heterocycles. The number of nitrogens with two attached hydrogens (primary N) is 2. The molecule has 2 aromatic carbocycles. The summed E-state index contributed by atoms with van der Waals surface area (Å²) in [7, 11) is 0. The molecule has 0 unspecified atom stereocenters. The number of hydrogen-bond donors (Lipinski definition) is 3. The summed E-state index contributed by atoms with van der Waals surface area (Å²) < 4.78 is 0. The molecule has 3 heteroatoms. The SMILES string of the molecule is C=Cc1c(N)cccc1Nc1ccc(N)cc1. The van der Waals surface area contributed by atoms with E-state index in [-0.39, 0.29) is 0 Å². The highest BCUT2D eigenvalue weighted by Gasteiger charge is 2.02. The lowest BCUT2D eigenvalue weighted by Gasteiger charge is -2.11. The lowest BCUT2D eigenvalue weighted by atomic mass is 10.1. The van der Waals surface area contributed by atoms with Crippen LogP contribution in [0.2, 0.25) is 0 Å². The van der Waals surface area contributed by atoms with Gasteiger partial charge in [0, 0.05) is 28.3 Å². The van der Waals surface area contributed by atoms with Gasteiger partial charge in [-0.05, 0) is 36.4 Å². The first-order valence-corrected chi connectivity index (χ1v) is 5.34. The third-order valence-electron chi connectivity index (χ3n) is 2.53. The van der Waals surface area contributed by atoms with Gasteiger partial charge in [0.1, 0.15) is 0 Å². The fourth-order valence-corrected chi connectivity index (χ4v) is 1.64. The van der Waals surface area contributed by atoms with Crippen molar-refractivity contribution in [2.24, 2.45) is 0 Å². The highest BCUT2D eigenvalue weighted by atomic mass is 14.9. The molecule has 2 rings (SSSR count). The maximum Gasteiger partial charge on any atom is 0.0478 e. The second-order valence-electron chi connectivity index (χ2n) is 3.76. The van der Waals surface area contributed by atoms with Gasteiger partial charge in [0.25, 0.3) is 0 Å². The summed E-state index contributed by atoms with van der Waals surface area (Å²) in [6, 6.07) is 13.3. The Morgan fingerprint density at radius 1 is 1.00 bits per heavy atom. The monoisotopic (exact) mass is 225 g/mol. The van der Waals surface area contributed by atoms with E-state index in [0.717, 1.165) is 22.6 Å². The standard InChI is InChI=1S/C14H15N3/c1-2-12-13(16)4-3-5-14(12)17-11-8-6-10(15)7-9-11/h2-9,17H,1,15-16H2. The molecule has 0 saturated carbocycles. The van der Waals surface area contributed by atoms with Crippen LogP contribution in [0.3, 0.4) is 0 Å². The van der Waals surface area contributed by atoms with Crippen LogP contribution in [-0.2, 0) is 0 Å². The molecule has 86 valence electrons. The predicted molar refractivity (Wildman–Crippen MR) is 75.1 cm³/mol. The summed E-state index contributed by atoms with van der Waals surface area (Å²) in [4.78, 5) is 0. The van der Waals surface area contributed by atoms with Crippen molar-refractivity contribution in [1.82, 2.24) is 0 Å². The normalized spacial score (nSPS) is 9.88. The first kappa shape index (κ1) is 11.1. The van der Waals surface area contributed by atoms with Crippen molar-refractivity contribution in [2.45, 2.75) is 0 Å². The molecule has 0 saturated heterocycles. The Kier molecular flexibility index (Phi) is 3.01. The largest absolute Gasteiger partial charge is 0.399 e. The van der Waals surface area contributed by atoms with E-state index in [0.29, 0.717) is 5.69 Å². The molecule has 0 amide bonds. The summed E-state index contributed by atoms with van der Waals surface area (Å²) >= 11 is 0. The number of hydrogen-bond acceptors (Lipinski definition) is 3. The van der Waals surface area contributed by atoms with Gasteiger partial charge in [0.2, 0.25) is 0 Å². The van der Waals surface area contributed by atoms with Crippen LogP contribution in [0.5, 0.6) is 0 Å². The maximum atomic E-state index is 5.88. The van der Waals surface area contributed by atoms with Gasteiger partial charge in [-0.25, -0.2) is 0 Å². The summed E-state index contributed by atoms with van der Waals surface area (Å²) in [6.45, 7) is 3.77. The smallest absolute Gasteiger partial charge is 0.0478 e. The Labute approximate surface area is 101 Å². The minimum absolute atomic E-state index is 0.709. The van der Waals surface area contributed by atoms with Gasteiger partial charge < -0.3 is 16.8 Å². The fraction of sp³-hybridized carbons (Fsp3) is 0. The van der Waals surface area contributed by atoms with E-state index in [2.05, 4.69) is 11.9 Å². The van der Waals surface area contributed by atoms with Gasteiger partial charge in [-0.1, -0.05) is 18.7 Å². The second kappa shape index (κ2) is 4.61. The van der Waals surface area contributed by atoms with Crippen molar-refractivity contribution in [2.75, 3.05) is 16.8 Å². The first-order valence-electron chi connectivity index (χ1n) is 5.34. The van der Waals surface area contributed by atoms with Crippen molar-refractivity contribution in [3.05, 3.63) is 54.6 Å².